The third kappa shape index (κ3) is 6.94. The van der Waals surface area contributed by atoms with E-state index in [1.54, 1.807) is 43.4 Å². The standard InChI is InChI=1S/C19H18ClF3N2O2/c1-25(17(26)10-13-4-8-16(20)9-5-13)11-14-2-6-15(7-3-14)18(27)24-12-19(21,22)23/h2-9H,10-12H2,1H3,(H,24,27). The lowest BCUT2D eigenvalue weighted by atomic mass is 10.1. The van der Waals surface area contributed by atoms with Crippen molar-refractivity contribution in [3.63, 3.8) is 0 Å². The lowest BCUT2D eigenvalue weighted by molar-refractivity contribution is -0.129. The van der Waals surface area contributed by atoms with Crippen LogP contribution in [0.5, 0.6) is 0 Å². The number of benzene rings is 2. The summed E-state index contributed by atoms with van der Waals surface area (Å²) in [6.45, 7) is -1.06. The SMILES string of the molecule is CN(Cc1ccc(C(=O)NCC(F)(F)F)cc1)C(=O)Cc1ccc(Cl)cc1. The van der Waals surface area contributed by atoms with Crippen LogP contribution in [0.25, 0.3) is 0 Å². The van der Waals surface area contributed by atoms with Crippen molar-refractivity contribution in [3.05, 3.63) is 70.2 Å². The average molecular weight is 399 g/mol. The Morgan fingerprint density at radius 3 is 2.11 bits per heavy atom. The van der Waals surface area contributed by atoms with Gasteiger partial charge in [0.15, 0.2) is 0 Å². The predicted octanol–water partition coefficient (Wildman–Crippen LogP) is 3.83. The molecule has 0 saturated heterocycles. The van der Waals surface area contributed by atoms with Gasteiger partial charge in [-0.3, -0.25) is 9.59 Å². The fraction of sp³-hybridized carbons (Fsp3) is 0.263. The van der Waals surface area contributed by atoms with Gasteiger partial charge in [0, 0.05) is 24.2 Å². The van der Waals surface area contributed by atoms with Gasteiger partial charge in [0.1, 0.15) is 6.54 Å². The van der Waals surface area contributed by atoms with E-state index < -0.39 is 18.6 Å². The maximum atomic E-state index is 12.3. The molecular formula is C19H18ClF3N2O2. The Morgan fingerprint density at radius 2 is 1.56 bits per heavy atom. The zero-order valence-electron chi connectivity index (χ0n) is 14.5. The smallest absolute Gasteiger partial charge is 0.343 e. The van der Waals surface area contributed by atoms with Crippen LogP contribution in [-0.2, 0) is 17.8 Å². The molecule has 8 heteroatoms. The number of nitrogens with one attached hydrogen (secondary N) is 1. The number of likely N-dealkylation sites (N-methyl/N-ethyl adjacent to an activating group) is 1. The number of hydrogen-bond donors (Lipinski definition) is 1. The van der Waals surface area contributed by atoms with Crippen molar-refractivity contribution in [1.29, 1.82) is 0 Å². The zero-order valence-corrected chi connectivity index (χ0v) is 15.3. The van der Waals surface area contributed by atoms with Gasteiger partial charge in [-0.2, -0.15) is 13.2 Å². The molecule has 0 radical (unpaired) electrons. The number of hydrogen-bond acceptors (Lipinski definition) is 2. The van der Waals surface area contributed by atoms with Crippen molar-refractivity contribution >= 4 is 23.4 Å². The van der Waals surface area contributed by atoms with E-state index >= 15 is 0 Å². The first-order valence-electron chi connectivity index (χ1n) is 8.06. The Labute approximate surface area is 159 Å². The van der Waals surface area contributed by atoms with Crippen LogP contribution >= 0.6 is 11.6 Å². The van der Waals surface area contributed by atoms with Crippen LogP contribution in [-0.4, -0.2) is 36.5 Å². The number of carbonyl (C=O) groups excluding carboxylic acids is 2. The molecule has 0 aliphatic carbocycles. The van der Waals surface area contributed by atoms with Gasteiger partial charge in [-0.1, -0.05) is 35.9 Å². The Morgan fingerprint density at radius 1 is 1.00 bits per heavy atom. The summed E-state index contributed by atoms with van der Waals surface area (Å²) in [6.07, 6.45) is -4.23. The average Bonchev–Trinajstić information content (AvgIpc) is 2.61. The van der Waals surface area contributed by atoms with Crippen LogP contribution in [0, 0.1) is 0 Å². The molecule has 27 heavy (non-hydrogen) atoms. The van der Waals surface area contributed by atoms with Crippen molar-refractivity contribution in [2.24, 2.45) is 0 Å². The Balaban J connectivity index is 1.90. The van der Waals surface area contributed by atoms with Crippen LogP contribution in [0.15, 0.2) is 48.5 Å². The molecule has 0 fully saturated rings. The molecule has 0 aromatic heterocycles. The van der Waals surface area contributed by atoms with E-state index in [0.29, 0.717) is 11.6 Å². The lowest BCUT2D eigenvalue weighted by Gasteiger charge is -2.17. The monoisotopic (exact) mass is 398 g/mol. The van der Waals surface area contributed by atoms with E-state index in [1.165, 1.54) is 17.0 Å². The van der Waals surface area contributed by atoms with E-state index in [2.05, 4.69) is 0 Å². The summed E-state index contributed by atoms with van der Waals surface area (Å²) < 4.78 is 36.4. The first kappa shape index (κ1) is 20.8. The van der Waals surface area contributed by atoms with Gasteiger partial charge in [0.25, 0.3) is 5.91 Å². The Hall–Kier alpha value is -2.54. The first-order valence-corrected chi connectivity index (χ1v) is 8.44. The summed E-state index contributed by atoms with van der Waals surface area (Å²) >= 11 is 5.82. The quantitative estimate of drug-likeness (QED) is 0.804. The molecule has 0 heterocycles. The molecule has 0 aliphatic rings. The summed E-state index contributed by atoms with van der Waals surface area (Å²) in [5, 5.41) is 2.41. The van der Waals surface area contributed by atoms with Gasteiger partial charge >= 0.3 is 6.18 Å². The highest BCUT2D eigenvalue weighted by atomic mass is 35.5. The summed E-state index contributed by atoms with van der Waals surface area (Å²) in [5.74, 6) is -0.893. The number of halogens is 4. The molecular weight excluding hydrogens is 381 g/mol. The summed E-state index contributed by atoms with van der Waals surface area (Å²) in [4.78, 5) is 25.5. The Bertz CT molecular complexity index is 790. The third-order valence-electron chi connectivity index (χ3n) is 3.78. The maximum Gasteiger partial charge on any atom is 0.405 e. The number of nitrogens with zero attached hydrogens (tertiary/aromatic N) is 1. The highest BCUT2D eigenvalue weighted by Gasteiger charge is 2.27. The second kappa shape index (κ2) is 8.90. The van der Waals surface area contributed by atoms with Crippen molar-refractivity contribution < 1.29 is 22.8 Å². The molecule has 2 aromatic carbocycles. The zero-order chi connectivity index (χ0) is 20.0. The molecule has 0 unspecified atom stereocenters. The predicted molar refractivity (Wildman–Crippen MR) is 96.5 cm³/mol. The van der Waals surface area contributed by atoms with E-state index in [1.807, 2.05) is 5.32 Å². The molecule has 0 aliphatic heterocycles. The second-order valence-electron chi connectivity index (χ2n) is 6.05. The molecule has 2 rings (SSSR count). The minimum absolute atomic E-state index is 0.0932. The molecule has 2 amide bonds. The van der Waals surface area contributed by atoms with Gasteiger partial charge in [-0.15, -0.1) is 0 Å². The van der Waals surface area contributed by atoms with Gasteiger partial charge in [-0.25, -0.2) is 0 Å². The van der Waals surface area contributed by atoms with Crippen molar-refractivity contribution in [3.8, 4) is 0 Å². The molecule has 1 N–H and O–H groups in total. The molecule has 2 aromatic rings. The molecule has 0 saturated carbocycles. The van der Waals surface area contributed by atoms with E-state index in [9.17, 15) is 22.8 Å². The molecule has 0 atom stereocenters. The van der Waals surface area contributed by atoms with E-state index in [-0.39, 0.29) is 17.9 Å². The van der Waals surface area contributed by atoms with Gasteiger partial charge in [-0.05, 0) is 35.4 Å². The third-order valence-corrected chi connectivity index (χ3v) is 4.03. The maximum absolute atomic E-state index is 12.3. The molecule has 144 valence electrons. The highest BCUT2D eigenvalue weighted by molar-refractivity contribution is 6.30. The van der Waals surface area contributed by atoms with Crippen LogP contribution < -0.4 is 5.32 Å². The number of amides is 2. The summed E-state index contributed by atoms with van der Waals surface area (Å²) in [6, 6.07) is 13.1. The normalized spacial score (nSPS) is 11.1. The number of rotatable bonds is 6. The van der Waals surface area contributed by atoms with Crippen LogP contribution in [0.1, 0.15) is 21.5 Å². The molecule has 0 spiro atoms. The lowest BCUT2D eigenvalue weighted by Crippen LogP contribution is -2.33. The Kier molecular flexibility index (Phi) is 6.85. The van der Waals surface area contributed by atoms with Gasteiger partial charge in [0.2, 0.25) is 5.91 Å². The van der Waals surface area contributed by atoms with Crippen LogP contribution in [0.3, 0.4) is 0 Å². The number of carbonyl (C=O) groups is 2. The van der Waals surface area contributed by atoms with E-state index in [4.69, 9.17) is 11.6 Å². The number of alkyl halides is 3. The summed E-state index contributed by atoms with van der Waals surface area (Å²) in [5.41, 5.74) is 1.72. The first-order chi connectivity index (χ1) is 12.6. The minimum atomic E-state index is -4.46. The summed E-state index contributed by atoms with van der Waals surface area (Å²) in [7, 11) is 1.65. The second-order valence-corrected chi connectivity index (χ2v) is 6.48. The van der Waals surface area contributed by atoms with E-state index in [0.717, 1.165) is 11.1 Å². The molecule has 0 bridgehead atoms. The fourth-order valence-electron chi connectivity index (χ4n) is 2.32. The molecule has 4 nitrogen and oxygen atoms in total. The van der Waals surface area contributed by atoms with Crippen molar-refractivity contribution in [2.45, 2.75) is 19.1 Å². The van der Waals surface area contributed by atoms with Crippen LogP contribution in [0.4, 0.5) is 13.2 Å². The fourth-order valence-corrected chi connectivity index (χ4v) is 2.44. The van der Waals surface area contributed by atoms with Crippen molar-refractivity contribution in [1.82, 2.24) is 10.2 Å². The van der Waals surface area contributed by atoms with Gasteiger partial charge < -0.3 is 10.2 Å². The largest absolute Gasteiger partial charge is 0.405 e. The minimum Gasteiger partial charge on any atom is -0.343 e. The topological polar surface area (TPSA) is 49.4 Å². The highest BCUT2D eigenvalue weighted by Crippen LogP contribution is 2.14. The van der Waals surface area contributed by atoms with Crippen LogP contribution in [0.2, 0.25) is 5.02 Å². The van der Waals surface area contributed by atoms with Gasteiger partial charge in [0.05, 0.1) is 6.42 Å². The van der Waals surface area contributed by atoms with Crippen molar-refractivity contribution in [2.75, 3.05) is 13.6 Å².